The van der Waals surface area contributed by atoms with Gasteiger partial charge in [0, 0.05) is 6.42 Å². The summed E-state index contributed by atoms with van der Waals surface area (Å²) in [6, 6.07) is 0. The minimum Gasteiger partial charge on any atom is -0.477 e. The maximum Gasteiger partial charge on any atom is 0.286 e. The summed E-state index contributed by atoms with van der Waals surface area (Å²) >= 11 is 0. The molecule has 1 aromatic heterocycles. The molecule has 0 unspecified atom stereocenters. The summed E-state index contributed by atoms with van der Waals surface area (Å²) in [6.45, 7) is 1.73. The predicted molar refractivity (Wildman–Crippen MR) is 35.5 cm³/mol. The van der Waals surface area contributed by atoms with E-state index in [1.165, 1.54) is 7.11 Å². The van der Waals surface area contributed by atoms with E-state index in [4.69, 9.17) is 4.74 Å². The third-order valence-corrected chi connectivity index (χ3v) is 1.24. The molecule has 1 aromatic rings. The lowest BCUT2D eigenvalue weighted by Gasteiger charge is -1.92. The van der Waals surface area contributed by atoms with Crippen LogP contribution in [0.25, 0.3) is 0 Å². The molecule has 0 saturated carbocycles. The van der Waals surface area contributed by atoms with Gasteiger partial charge in [-0.2, -0.15) is 0 Å². The first kappa shape index (κ1) is 7.71. The average Bonchev–Trinajstić information content (AvgIpc) is 2.50. The molecule has 0 bridgehead atoms. The number of Topliss-reactive ketones (excluding diaryl/α,β-unsaturated/α-hetero) is 1. The molecule has 0 fully saturated rings. The Kier molecular flexibility index (Phi) is 2.20. The Balaban J connectivity index is 2.92. The van der Waals surface area contributed by atoms with Crippen molar-refractivity contribution in [3.05, 3.63) is 5.69 Å². The van der Waals surface area contributed by atoms with E-state index in [1.54, 1.807) is 6.92 Å². The van der Waals surface area contributed by atoms with Crippen LogP contribution in [-0.4, -0.2) is 23.2 Å². The minimum atomic E-state index is -0.136. The first-order valence-electron chi connectivity index (χ1n) is 3.19. The molecule has 0 aromatic carbocycles. The van der Waals surface area contributed by atoms with Gasteiger partial charge < -0.3 is 4.74 Å². The number of hydrogen-bond donors (Lipinski definition) is 0. The topological polar surface area (TPSA) is 65.2 Å². The van der Waals surface area contributed by atoms with Crippen LogP contribution in [0.5, 0.6) is 5.88 Å². The van der Waals surface area contributed by atoms with Gasteiger partial charge in [0.1, 0.15) is 0 Å². The molecule has 11 heavy (non-hydrogen) atoms. The maximum absolute atomic E-state index is 11.0. The number of nitrogens with zero attached hydrogens (tertiary/aromatic N) is 2. The highest BCUT2D eigenvalue weighted by Crippen LogP contribution is 2.12. The van der Waals surface area contributed by atoms with Crippen LogP contribution in [0.3, 0.4) is 0 Å². The molecule has 60 valence electrons. The number of ether oxygens (including phenoxy) is 1. The van der Waals surface area contributed by atoms with E-state index < -0.39 is 0 Å². The minimum absolute atomic E-state index is 0.136. The Morgan fingerprint density at radius 1 is 1.64 bits per heavy atom. The molecular weight excluding hydrogens is 148 g/mol. The molecule has 0 aliphatic heterocycles. The highest BCUT2D eigenvalue weighted by molar-refractivity contribution is 5.95. The predicted octanol–water partition coefficient (Wildman–Crippen LogP) is 0.671. The van der Waals surface area contributed by atoms with Crippen molar-refractivity contribution in [2.24, 2.45) is 0 Å². The summed E-state index contributed by atoms with van der Waals surface area (Å²) < 4.78 is 9.03. The van der Waals surface area contributed by atoms with E-state index in [9.17, 15) is 4.79 Å². The van der Waals surface area contributed by atoms with Gasteiger partial charge in [-0.15, -0.1) is 0 Å². The number of carbonyl (C=O) groups excluding carboxylic acids is 1. The zero-order valence-corrected chi connectivity index (χ0v) is 6.33. The van der Waals surface area contributed by atoms with Gasteiger partial charge in [-0.3, -0.25) is 4.79 Å². The second-order valence-corrected chi connectivity index (χ2v) is 1.90. The Morgan fingerprint density at radius 3 is 2.91 bits per heavy atom. The number of ketones is 1. The molecule has 0 spiro atoms. The molecule has 5 heteroatoms. The van der Waals surface area contributed by atoms with Gasteiger partial charge in [-0.05, 0) is 10.3 Å². The smallest absolute Gasteiger partial charge is 0.286 e. The Morgan fingerprint density at radius 2 is 2.36 bits per heavy atom. The van der Waals surface area contributed by atoms with Crippen molar-refractivity contribution in [2.45, 2.75) is 13.3 Å². The summed E-state index contributed by atoms with van der Waals surface area (Å²) in [5.41, 5.74) is 0.162. The van der Waals surface area contributed by atoms with E-state index in [-0.39, 0.29) is 17.4 Å². The van der Waals surface area contributed by atoms with Gasteiger partial charge in [0.15, 0.2) is 5.78 Å². The molecule has 0 saturated heterocycles. The van der Waals surface area contributed by atoms with Crippen LogP contribution in [0.1, 0.15) is 23.8 Å². The van der Waals surface area contributed by atoms with Crippen LogP contribution in [-0.2, 0) is 0 Å². The number of hydrogen-bond acceptors (Lipinski definition) is 5. The highest BCUT2D eigenvalue weighted by Gasteiger charge is 2.16. The van der Waals surface area contributed by atoms with E-state index in [1.807, 2.05) is 0 Å². The van der Waals surface area contributed by atoms with Gasteiger partial charge in [-0.25, -0.2) is 4.63 Å². The lowest BCUT2D eigenvalue weighted by Crippen LogP contribution is -1.99. The van der Waals surface area contributed by atoms with Crippen molar-refractivity contribution in [2.75, 3.05) is 7.11 Å². The van der Waals surface area contributed by atoms with Crippen LogP contribution in [0.15, 0.2) is 4.63 Å². The summed E-state index contributed by atoms with van der Waals surface area (Å²) in [5.74, 6) is 0.0138. The molecular formula is C6H8N2O3. The normalized spacial score (nSPS) is 9.64. The Bertz CT molecular complexity index is 256. The zero-order chi connectivity index (χ0) is 8.27. The van der Waals surface area contributed by atoms with E-state index in [0.717, 1.165) is 0 Å². The van der Waals surface area contributed by atoms with Crippen LogP contribution >= 0.6 is 0 Å². The van der Waals surface area contributed by atoms with Crippen molar-refractivity contribution >= 4 is 5.78 Å². The van der Waals surface area contributed by atoms with Crippen LogP contribution < -0.4 is 4.74 Å². The number of aromatic nitrogens is 2. The Hall–Kier alpha value is -1.39. The lowest BCUT2D eigenvalue weighted by atomic mass is 10.2. The van der Waals surface area contributed by atoms with E-state index >= 15 is 0 Å². The lowest BCUT2D eigenvalue weighted by molar-refractivity contribution is 0.0976. The fraction of sp³-hybridized carbons (Fsp3) is 0.500. The van der Waals surface area contributed by atoms with Gasteiger partial charge in [0.25, 0.3) is 5.88 Å². The highest BCUT2D eigenvalue weighted by atomic mass is 16.6. The number of carbonyl (C=O) groups is 1. The molecule has 0 N–H and O–H groups in total. The van der Waals surface area contributed by atoms with Crippen LogP contribution in [0.4, 0.5) is 0 Å². The molecule has 0 aliphatic carbocycles. The quantitative estimate of drug-likeness (QED) is 0.602. The fourth-order valence-electron chi connectivity index (χ4n) is 0.652. The fourth-order valence-corrected chi connectivity index (χ4v) is 0.652. The second kappa shape index (κ2) is 3.14. The first-order valence-corrected chi connectivity index (χ1v) is 3.19. The SMILES string of the molecule is CCC(=O)c1nonc1OC. The van der Waals surface area contributed by atoms with Crippen LogP contribution in [0, 0.1) is 0 Å². The second-order valence-electron chi connectivity index (χ2n) is 1.90. The van der Waals surface area contributed by atoms with Gasteiger partial charge in [0.05, 0.1) is 7.11 Å². The van der Waals surface area contributed by atoms with Gasteiger partial charge in [0.2, 0.25) is 5.69 Å². The monoisotopic (exact) mass is 156 g/mol. The van der Waals surface area contributed by atoms with Crippen molar-refractivity contribution < 1.29 is 14.2 Å². The zero-order valence-electron chi connectivity index (χ0n) is 6.33. The van der Waals surface area contributed by atoms with Crippen molar-refractivity contribution in [3.8, 4) is 5.88 Å². The van der Waals surface area contributed by atoms with Crippen molar-refractivity contribution in [3.63, 3.8) is 0 Å². The molecule has 0 radical (unpaired) electrons. The largest absolute Gasteiger partial charge is 0.477 e. The van der Waals surface area contributed by atoms with E-state index in [0.29, 0.717) is 6.42 Å². The third-order valence-electron chi connectivity index (χ3n) is 1.24. The molecule has 1 heterocycles. The summed E-state index contributed by atoms with van der Waals surface area (Å²) in [6.07, 6.45) is 0.366. The standard InChI is InChI=1S/C6H8N2O3/c1-3-4(9)5-6(10-2)8-11-7-5/h3H2,1-2H3. The van der Waals surface area contributed by atoms with E-state index in [2.05, 4.69) is 14.9 Å². The average molecular weight is 156 g/mol. The first-order chi connectivity index (χ1) is 5.29. The number of rotatable bonds is 3. The molecule has 0 aliphatic rings. The third kappa shape index (κ3) is 1.36. The van der Waals surface area contributed by atoms with Crippen molar-refractivity contribution in [1.29, 1.82) is 0 Å². The maximum atomic E-state index is 11.0. The van der Waals surface area contributed by atoms with Gasteiger partial charge >= 0.3 is 0 Å². The van der Waals surface area contributed by atoms with Gasteiger partial charge in [-0.1, -0.05) is 6.92 Å². The summed E-state index contributed by atoms with van der Waals surface area (Å²) in [7, 11) is 1.41. The Labute approximate surface area is 63.3 Å². The van der Waals surface area contributed by atoms with Crippen LogP contribution in [0.2, 0.25) is 0 Å². The molecule has 0 amide bonds. The molecule has 5 nitrogen and oxygen atoms in total. The summed E-state index contributed by atoms with van der Waals surface area (Å²) in [5, 5.41) is 6.77. The summed E-state index contributed by atoms with van der Waals surface area (Å²) in [4.78, 5) is 11.0. The molecule has 0 atom stereocenters. The van der Waals surface area contributed by atoms with Crippen molar-refractivity contribution in [1.82, 2.24) is 10.3 Å². The number of methoxy groups -OCH3 is 1. The molecule has 1 rings (SSSR count).